The minimum Gasteiger partial charge on any atom is -0.465 e. The number of carboxylic acid groups (broad SMARTS) is 1. The molecule has 0 aliphatic carbocycles. The summed E-state index contributed by atoms with van der Waals surface area (Å²) in [5.41, 5.74) is 1.98. The maximum atomic E-state index is 13.1. The number of carbonyl (C=O) groups is 2. The van der Waals surface area contributed by atoms with E-state index in [1.807, 2.05) is 69.3 Å². The van der Waals surface area contributed by atoms with E-state index in [2.05, 4.69) is 15.9 Å². The summed E-state index contributed by atoms with van der Waals surface area (Å²) in [6.45, 7) is 6.26. The molecule has 1 heterocycles. The minimum atomic E-state index is -0.990. The first-order chi connectivity index (χ1) is 12.7. The SMILES string of the molecule is CC(C)(C)N(C[C@H](c1ccccc1)N1Cc2cc(Br)ccc2C1=O)C(=O)O. The third kappa shape index (κ3) is 4.00. The summed E-state index contributed by atoms with van der Waals surface area (Å²) in [5, 5.41) is 9.74. The molecule has 0 unspecified atom stereocenters. The average molecular weight is 431 g/mol. The molecule has 3 rings (SSSR count). The Morgan fingerprint density at radius 2 is 1.89 bits per heavy atom. The number of hydrogen-bond donors (Lipinski definition) is 1. The fourth-order valence-electron chi connectivity index (χ4n) is 3.43. The molecule has 2 aromatic rings. The zero-order chi connectivity index (χ0) is 19.8. The van der Waals surface area contributed by atoms with Gasteiger partial charge in [0.1, 0.15) is 0 Å². The first-order valence-electron chi connectivity index (χ1n) is 8.83. The van der Waals surface area contributed by atoms with Gasteiger partial charge in [0.15, 0.2) is 0 Å². The second-order valence-corrected chi connectivity index (χ2v) is 8.64. The van der Waals surface area contributed by atoms with Gasteiger partial charge in [-0.15, -0.1) is 0 Å². The van der Waals surface area contributed by atoms with Crippen LogP contribution in [0, 0.1) is 0 Å². The van der Waals surface area contributed by atoms with Crippen molar-refractivity contribution in [1.82, 2.24) is 9.80 Å². The van der Waals surface area contributed by atoms with E-state index in [0.717, 1.165) is 15.6 Å². The van der Waals surface area contributed by atoms with Crippen LogP contribution in [0.3, 0.4) is 0 Å². The van der Waals surface area contributed by atoms with Crippen molar-refractivity contribution in [3.8, 4) is 0 Å². The van der Waals surface area contributed by atoms with Crippen molar-refractivity contribution in [2.24, 2.45) is 0 Å². The van der Waals surface area contributed by atoms with Crippen molar-refractivity contribution in [3.63, 3.8) is 0 Å². The molecular weight excluding hydrogens is 408 g/mol. The number of halogens is 1. The van der Waals surface area contributed by atoms with Crippen molar-refractivity contribution in [2.75, 3.05) is 6.54 Å². The molecular formula is C21H23BrN2O3. The van der Waals surface area contributed by atoms with Crippen molar-refractivity contribution < 1.29 is 14.7 Å². The van der Waals surface area contributed by atoms with Gasteiger partial charge in [0.2, 0.25) is 0 Å². The third-order valence-corrected chi connectivity index (χ3v) is 5.35. The second kappa shape index (κ2) is 7.35. The summed E-state index contributed by atoms with van der Waals surface area (Å²) in [5.74, 6) is -0.0643. The molecule has 1 N–H and O–H groups in total. The molecule has 0 fully saturated rings. The van der Waals surface area contributed by atoms with Crippen LogP contribution < -0.4 is 0 Å². The highest BCUT2D eigenvalue weighted by atomic mass is 79.9. The van der Waals surface area contributed by atoms with Crippen LogP contribution in [0.15, 0.2) is 53.0 Å². The van der Waals surface area contributed by atoms with E-state index in [4.69, 9.17) is 0 Å². The predicted molar refractivity (Wildman–Crippen MR) is 108 cm³/mol. The quantitative estimate of drug-likeness (QED) is 0.747. The third-order valence-electron chi connectivity index (χ3n) is 4.86. The maximum Gasteiger partial charge on any atom is 0.407 e. The lowest BCUT2D eigenvalue weighted by atomic mass is 10.0. The largest absolute Gasteiger partial charge is 0.465 e. The molecule has 2 aromatic carbocycles. The standard InChI is InChI=1S/C21H23BrN2O3/c1-21(2,3)24(20(26)27)13-18(14-7-5-4-6-8-14)23-12-15-11-16(22)9-10-17(15)19(23)25/h4-11,18H,12-13H2,1-3H3,(H,26,27)/t18-/m1/s1. The molecule has 0 aromatic heterocycles. The summed E-state index contributed by atoms with van der Waals surface area (Å²) in [6, 6.07) is 14.9. The monoisotopic (exact) mass is 430 g/mol. The van der Waals surface area contributed by atoms with Gasteiger partial charge in [-0.3, -0.25) is 4.79 Å². The van der Waals surface area contributed by atoms with Crippen LogP contribution in [0.4, 0.5) is 4.79 Å². The van der Waals surface area contributed by atoms with Crippen LogP contribution in [0.5, 0.6) is 0 Å². The first kappa shape index (κ1) is 19.4. The molecule has 27 heavy (non-hydrogen) atoms. The lowest BCUT2D eigenvalue weighted by Crippen LogP contribution is -2.49. The molecule has 1 atom stereocenters. The smallest absolute Gasteiger partial charge is 0.407 e. The van der Waals surface area contributed by atoms with Gasteiger partial charge in [-0.05, 0) is 50.1 Å². The summed E-state index contributed by atoms with van der Waals surface area (Å²) < 4.78 is 0.925. The van der Waals surface area contributed by atoms with E-state index in [1.54, 1.807) is 4.90 Å². The molecule has 0 saturated heterocycles. The summed E-state index contributed by atoms with van der Waals surface area (Å²) in [7, 11) is 0. The predicted octanol–water partition coefficient (Wildman–Crippen LogP) is 4.92. The van der Waals surface area contributed by atoms with Crippen LogP contribution in [0.25, 0.3) is 0 Å². The van der Waals surface area contributed by atoms with Gasteiger partial charge in [0, 0.05) is 28.7 Å². The van der Waals surface area contributed by atoms with Gasteiger partial charge in [-0.1, -0.05) is 46.3 Å². The summed E-state index contributed by atoms with van der Waals surface area (Å²) in [4.78, 5) is 28.1. The topological polar surface area (TPSA) is 60.9 Å². The van der Waals surface area contributed by atoms with Gasteiger partial charge in [-0.25, -0.2) is 4.79 Å². The molecule has 1 aliphatic heterocycles. The van der Waals surface area contributed by atoms with E-state index in [1.165, 1.54) is 4.90 Å². The molecule has 5 nitrogen and oxygen atoms in total. The number of fused-ring (bicyclic) bond motifs is 1. The number of nitrogens with zero attached hydrogens (tertiary/aromatic N) is 2. The van der Waals surface area contributed by atoms with E-state index in [0.29, 0.717) is 12.1 Å². The molecule has 0 saturated carbocycles. The lowest BCUT2D eigenvalue weighted by molar-refractivity contribution is 0.0525. The minimum absolute atomic E-state index is 0.0643. The van der Waals surface area contributed by atoms with Gasteiger partial charge in [0.25, 0.3) is 5.91 Å². The fraction of sp³-hybridized carbons (Fsp3) is 0.333. The average Bonchev–Trinajstić information content (AvgIpc) is 2.90. The Labute approximate surface area is 167 Å². The zero-order valence-corrected chi connectivity index (χ0v) is 17.2. The van der Waals surface area contributed by atoms with Gasteiger partial charge >= 0.3 is 6.09 Å². The highest BCUT2D eigenvalue weighted by Gasteiger charge is 2.37. The van der Waals surface area contributed by atoms with Crippen LogP contribution >= 0.6 is 15.9 Å². The highest BCUT2D eigenvalue weighted by Crippen LogP contribution is 2.34. The number of benzene rings is 2. The number of carbonyl (C=O) groups excluding carboxylic acids is 1. The Bertz CT molecular complexity index is 861. The molecule has 0 bridgehead atoms. The van der Waals surface area contributed by atoms with Gasteiger partial charge < -0.3 is 14.9 Å². The van der Waals surface area contributed by atoms with Crippen molar-refractivity contribution in [2.45, 2.75) is 38.9 Å². The van der Waals surface area contributed by atoms with Crippen LogP contribution in [0.1, 0.15) is 48.3 Å². The Morgan fingerprint density at radius 3 is 2.48 bits per heavy atom. The second-order valence-electron chi connectivity index (χ2n) is 7.73. The molecule has 1 aliphatic rings. The first-order valence-corrected chi connectivity index (χ1v) is 9.62. The number of hydrogen-bond acceptors (Lipinski definition) is 2. The van der Waals surface area contributed by atoms with E-state index >= 15 is 0 Å². The molecule has 6 heteroatoms. The molecule has 2 amide bonds. The Hall–Kier alpha value is -2.34. The zero-order valence-electron chi connectivity index (χ0n) is 15.6. The van der Waals surface area contributed by atoms with Crippen molar-refractivity contribution >= 4 is 27.9 Å². The maximum absolute atomic E-state index is 13.1. The Kier molecular flexibility index (Phi) is 5.29. The Morgan fingerprint density at radius 1 is 1.22 bits per heavy atom. The van der Waals surface area contributed by atoms with Crippen LogP contribution in [0.2, 0.25) is 0 Å². The van der Waals surface area contributed by atoms with Crippen LogP contribution in [-0.4, -0.2) is 39.0 Å². The summed E-state index contributed by atoms with van der Waals surface area (Å²) >= 11 is 3.46. The fourth-order valence-corrected chi connectivity index (χ4v) is 3.84. The van der Waals surface area contributed by atoms with E-state index in [9.17, 15) is 14.7 Å². The number of amides is 2. The molecule has 0 radical (unpaired) electrons. The van der Waals surface area contributed by atoms with E-state index in [-0.39, 0.29) is 18.5 Å². The van der Waals surface area contributed by atoms with Crippen LogP contribution in [-0.2, 0) is 6.54 Å². The summed E-state index contributed by atoms with van der Waals surface area (Å²) in [6.07, 6.45) is -0.990. The molecule has 0 spiro atoms. The lowest BCUT2D eigenvalue weighted by Gasteiger charge is -2.38. The normalized spacial score (nSPS) is 14.8. The number of rotatable bonds is 4. The van der Waals surface area contributed by atoms with Gasteiger partial charge in [0.05, 0.1) is 6.04 Å². The molecule has 142 valence electrons. The van der Waals surface area contributed by atoms with Crippen molar-refractivity contribution in [3.05, 3.63) is 69.7 Å². The van der Waals surface area contributed by atoms with Gasteiger partial charge in [-0.2, -0.15) is 0 Å². The van der Waals surface area contributed by atoms with Crippen molar-refractivity contribution in [1.29, 1.82) is 0 Å². The highest BCUT2D eigenvalue weighted by molar-refractivity contribution is 9.10. The Balaban J connectivity index is 1.99. The van der Waals surface area contributed by atoms with E-state index < -0.39 is 11.6 Å².